The van der Waals surface area contributed by atoms with Crippen molar-refractivity contribution < 1.29 is 34.6 Å². The fourth-order valence-electron chi connectivity index (χ4n) is 9.13. The van der Waals surface area contributed by atoms with E-state index < -0.39 is 189 Å². The average molecular weight is 776 g/mol. The summed E-state index contributed by atoms with van der Waals surface area (Å²) in [4.78, 5) is 0.923. The number of benzene rings is 9. The molecule has 0 N–H and O–H groups in total. The number of furan rings is 1. The van der Waals surface area contributed by atoms with Crippen molar-refractivity contribution in [3.8, 4) is 22.3 Å². The summed E-state index contributed by atoms with van der Waals surface area (Å²) < 4.78 is 211. The van der Waals surface area contributed by atoms with E-state index in [1.54, 1.807) is 12.1 Å². The minimum Gasteiger partial charge on any atom is -0.454 e. The van der Waals surface area contributed by atoms with Crippen molar-refractivity contribution in [2.24, 2.45) is 0 Å². The van der Waals surface area contributed by atoms with E-state index in [-0.39, 0.29) is 11.3 Å². The standard InChI is InChI=1S/C57H39NO/c1-56(49-28-14-11-24-43(49)44-25-12-15-29-50(44)56)40-32-34-47-48-27-17-31-53(55(48)59-54(47)36-40)58(41-22-9-4-10-23-41)42-33-35-46-45-26-13-16-30-51(45)57(52(46)37-42,38-18-5-2-6-19-38)39-20-7-3-8-21-39/h2-37H,1H3/i2D,3D,4D,5D,6D,7D,8D,9D,10D,13D,16D,18D,19D,20D,21D,22D,23D,26D,30D,33D,35D,37D. The second kappa shape index (κ2) is 12.8. The van der Waals surface area contributed by atoms with Gasteiger partial charge in [-0.2, -0.15) is 0 Å². The smallest absolute Gasteiger partial charge is 0.159 e. The Labute approximate surface area is 375 Å². The number of anilines is 3. The van der Waals surface area contributed by atoms with Gasteiger partial charge in [-0.3, -0.25) is 0 Å². The number of hydrogen-bond acceptors (Lipinski definition) is 2. The van der Waals surface area contributed by atoms with Crippen LogP contribution in [0, 0.1) is 0 Å². The molecule has 10 aromatic rings. The predicted octanol–water partition coefficient (Wildman–Crippen LogP) is 14.8. The van der Waals surface area contributed by atoms with E-state index in [0.29, 0.717) is 16.4 Å². The summed E-state index contributed by atoms with van der Waals surface area (Å²) in [7, 11) is 0. The Bertz CT molecular complexity index is 4350. The minimum absolute atomic E-state index is 0.0370. The monoisotopic (exact) mass is 775 g/mol. The molecule has 0 radical (unpaired) electrons. The summed E-state index contributed by atoms with van der Waals surface area (Å²) in [6, 6.07) is 4.59. The van der Waals surface area contributed by atoms with Crippen LogP contribution in [-0.2, 0) is 10.8 Å². The topological polar surface area (TPSA) is 16.4 Å². The molecule has 59 heavy (non-hydrogen) atoms. The van der Waals surface area contributed by atoms with Gasteiger partial charge in [-0.15, -0.1) is 0 Å². The highest BCUT2D eigenvalue weighted by molar-refractivity contribution is 6.10. The van der Waals surface area contributed by atoms with Gasteiger partial charge in [0.2, 0.25) is 0 Å². The van der Waals surface area contributed by atoms with E-state index in [9.17, 15) is 15.1 Å². The van der Waals surface area contributed by atoms with E-state index in [0.717, 1.165) is 32.7 Å². The first-order chi connectivity index (χ1) is 38.3. The zero-order valence-electron chi connectivity index (χ0n) is 52.9. The molecule has 2 heteroatoms. The molecule has 0 bridgehead atoms. The lowest BCUT2D eigenvalue weighted by Gasteiger charge is -2.34. The molecule has 2 nitrogen and oxygen atoms in total. The second-order valence-corrected chi connectivity index (χ2v) is 14.5. The molecule has 0 spiro atoms. The zero-order valence-corrected chi connectivity index (χ0v) is 30.9. The van der Waals surface area contributed by atoms with Crippen molar-refractivity contribution in [2.75, 3.05) is 4.90 Å². The fourth-order valence-corrected chi connectivity index (χ4v) is 9.13. The number of rotatable bonds is 6. The largest absolute Gasteiger partial charge is 0.454 e. The SMILES string of the molecule is [2H]c1c([2H])c([2H])c(N(c2c([2H])c([2H])c3c(c2[2H])C(c2c([2H])c([2H])c([2H])c([2H])c2[2H])(c2c([2H])c([2H])c([2H])c([2H])c2[2H])c2c([2H])c([2H])c([2H])c([2H])c2-3)c2cccc3c2oc2cc(C4(C)c5ccccc5-c5ccccc54)ccc23)c([2H])c1[2H]. The van der Waals surface area contributed by atoms with Crippen LogP contribution < -0.4 is 4.90 Å². The second-order valence-electron chi connectivity index (χ2n) is 14.5. The molecule has 0 saturated carbocycles. The van der Waals surface area contributed by atoms with Gasteiger partial charge < -0.3 is 9.32 Å². The lowest BCUT2D eigenvalue weighted by atomic mass is 9.67. The predicted molar refractivity (Wildman–Crippen MR) is 243 cm³/mol. The van der Waals surface area contributed by atoms with Crippen molar-refractivity contribution in [1.82, 2.24) is 0 Å². The van der Waals surface area contributed by atoms with E-state index >= 15 is 0 Å². The molecular formula is C57H39NO. The number of hydrogen-bond donors (Lipinski definition) is 0. The van der Waals surface area contributed by atoms with Crippen molar-refractivity contribution in [3.05, 3.63) is 257 Å². The number of nitrogens with zero attached hydrogens (tertiary/aromatic N) is 1. The van der Waals surface area contributed by atoms with Crippen LogP contribution in [0.25, 0.3) is 44.2 Å². The fraction of sp³-hybridized carbons (Fsp3) is 0.0526. The Morgan fingerprint density at radius 3 is 1.76 bits per heavy atom. The third kappa shape index (κ3) is 4.69. The Kier molecular flexibility index (Phi) is 4.00. The van der Waals surface area contributed by atoms with Crippen molar-refractivity contribution >= 4 is 39.0 Å². The Morgan fingerprint density at radius 1 is 0.458 bits per heavy atom. The van der Waals surface area contributed by atoms with Gasteiger partial charge in [0.05, 0.1) is 41.3 Å². The van der Waals surface area contributed by atoms with Gasteiger partial charge in [-0.05, 0) is 104 Å². The normalized spacial score (nSPS) is 19.3. The third-order valence-electron chi connectivity index (χ3n) is 11.7. The molecule has 9 aromatic carbocycles. The maximum absolute atomic E-state index is 10.7. The molecular weight excluding hydrogens is 715 g/mol. The molecule has 2 aliphatic rings. The summed E-state index contributed by atoms with van der Waals surface area (Å²) in [6.07, 6.45) is 0. The molecule has 0 aliphatic heterocycles. The van der Waals surface area contributed by atoms with Gasteiger partial charge in [-0.25, -0.2) is 0 Å². The van der Waals surface area contributed by atoms with Gasteiger partial charge >= 0.3 is 0 Å². The number of fused-ring (bicyclic) bond motifs is 9. The quantitative estimate of drug-likeness (QED) is 0.167. The van der Waals surface area contributed by atoms with Crippen LogP contribution >= 0.6 is 0 Å². The van der Waals surface area contributed by atoms with Crippen molar-refractivity contribution in [2.45, 2.75) is 17.8 Å². The summed E-state index contributed by atoms with van der Waals surface area (Å²) in [5, 5.41) is 0.921. The summed E-state index contributed by atoms with van der Waals surface area (Å²) in [6.45, 7) is 2.10. The highest BCUT2D eigenvalue weighted by Crippen LogP contribution is 2.58. The van der Waals surface area contributed by atoms with Gasteiger partial charge in [-0.1, -0.05) is 182 Å². The first kappa shape index (κ1) is 18.4. The van der Waals surface area contributed by atoms with E-state index in [4.69, 9.17) is 19.5 Å². The van der Waals surface area contributed by atoms with Crippen LogP contribution in [0.15, 0.2) is 222 Å². The Hall–Kier alpha value is -7.42. The maximum Gasteiger partial charge on any atom is 0.159 e. The van der Waals surface area contributed by atoms with Gasteiger partial charge in [0, 0.05) is 27.6 Å². The zero-order chi connectivity index (χ0) is 58.3. The van der Waals surface area contributed by atoms with Crippen molar-refractivity contribution in [1.29, 1.82) is 0 Å². The van der Waals surface area contributed by atoms with Gasteiger partial charge in [0.15, 0.2) is 5.58 Å². The maximum atomic E-state index is 10.7. The van der Waals surface area contributed by atoms with Crippen LogP contribution in [0.1, 0.15) is 76.0 Å². The molecule has 0 saturated heterocycles. The van der Waals surface area contributed by atoms with E-state index in [1.807, 2.05) is 42.5 Å². The minimum atomic E-state index is -3.18. The summed E-state index contributed by atoms with van der Waals surface area (Å²) >= 11 is 0. The molecule has 0 fully saturated rings. The first-order valence-electron chi connectivity index (χ1n) is 29.7. The molecule has 1 aromatic heterocycles. The molecule has 1 heterocycles. The Morgan fingerprint density at radius 2 is 1.07 bits per heavy atom. The van der Waals surface area contributed by atoms with Crippen molar-refractivity contribution in [3.63, 3.8) is 0 Å². The Balaban J connectivity index is 1.27. The molecule has 12 rings (SSSR count). The average Bonchev–Trinajstić information content (AvgIpc) is 3.96. The highest BCUT2D eigenvalue weighted by atomic mass is 16.3. The third-order valence-corrected chi connectivity index (χ3v) is 11.7. The van der Waals surface area contributed by atoms with Crippen LogP contribution in [0.3, 0.4) is 0 Å². The highest BCUT2D eigenvalue weighted by Gasteiger charge is 2.46. The van der Waals surface area contributed by atoms with E-state index in [2.05, 4.69) is 31.2 Å². The molecule has 0 unspecified atom stereocenters. The van der Waals surface area contributed by atoms with Crippen LogP contribution in [0.5, 0.6) is 0 Å². The van der Waals surface area contributed by atoms with E-state index in [1.165, 1.54) is 6.07 Å². The van der Waals surface area contributed by atoms with Crippen LogP contribution in [0.4, 0.5) is 17.1 Å². The first-order valence-corrected chi connectivity index (χ1v) is 18.7. The molecule has 2 aliphatic carbocycles. The lowest BCUT2D eigenvalue weighted by Crippen LogP contribution is -2.28. The lowest BCUT2D eigenvalue weighted by molar-refractivity contribution is 0.662. The summed E-state index contributed by atoms with van der Waals surface area (Å²) in [5.74, 6) is 0. The van der Waals surface area contributed by atoms with Crippen LogP contribution in [0.2, 0.25) is 0 Å². The molecule has 0 atom stereocenters. The molecule has 0 amide bonds. The number of para-hydroxylation sites is 2. The van der Waals surface area contributed by atoms with Crippen LogP contribution in [-0.4, -0.2) is 0 Å². The summed E-state index contributed by atoms with van der Waals surface area (Å²) in [5.41, 5.74) is -5.24. The molecule has 278 valence electrons. The van der Waals surface area contributed by atoms with Gasteiger partial charge in [0.1, 0.15) is 5.58 Å². The van der Waals surface area contributed by atoms with Gasteiger partial charge in [0.25, 0.3) is 0 Å².